The van der Waals surface area contributed by atoms with Gasteiger partial charge >= 0.3 is 0 Å². The summed E-state index contributed by atoms with van der Waals surface area (Å²) >= 11 is 0. The maximum absolute atomic E-state index is 9.71. The van der Waals surface area contributed by atoms with Crippen LogP contribution in [-0.4, -0.2) is 22.5 Å². The second kappa shape index (κ2) is 6.43. The van der Waals surface area contributed by atoms with Gasteiger partial charge in [0.05, 0.1) is 5.60 Å². The van der Waals surface area contributed by atoms with E-state index in [1.807, 2.05) is 27.7 Å². The summed E-state index contributed by atoms with van der Waals surface area (Å²) in [7, 11) is 0. The van der Waals surface area contributed by atoms with Crippen molar-refractivity contribution in [3.63, 3.8) is 0 Å². The van der Waals surface area contributed by atoms with Gasteiger partial charge in [0.1, 0.15) is 0 Å². The van der Waals surface area contributed by atoms with Gasteiger partial charge in [-0.25, -0.2) is 0 Å². The molecule has 0 bridgehead atoms. The Hall–Kier alpha value is 0.968. The van der Waals surface area contributed by atoms with Crippen molar-refractivity contribution in [2.45, 2.75) is 52.7 Å². The molecule has 0 rings (SSSR count). The molecule has 0 aliphatic rings. The molecule has 0 spiro atoms. The van der Waals surface area contributed by atoms with Crippen molar-refractivity contribution in [2.24, 2.45) is 4.99 Å². The Balaban J connectivity index is 0. The van der Waals surface area contributed by atoms with E-state index in [1.54, 1.807) is 6.92 Å². The van der Waals surface area contributed by atoms with Gasteiger partial charge in [-0.1, -0.05) is 6.92 Å². The Morgan fingerprint density at radius 2 is 1.92 bits per heavy atom. The minimum Gasteiger partial charge on any atom is -0.384 e. The average Bonchev–Trinajstić information content (AvgIpc) is 1.86. The molecular formula is C9H19NOSm. The molecule has 1 atom stereocenters. The number of hydrogen-bond acceptors (Lipinski definition) is 2. The zero-order chi connectivity index (χ0) is 9.07. The molecule has 0 aromatic carbocycles. The zero-order valence-electron chi connectivity index (χ0n) is 8.59. The van der Waals surface area contributed by atoms with Gasteiger partial charge in [-0.2, -0.15) is 0 Å². The maximum atomic E-state index is 9.71. The predicted octanol–water partition coefficient (Wildman–Crippen LogP) is 2.02. The number of rotatable bonds is 3. The molecule has 0 aliphatic carbocycles. The molecule has 0 aliphatic heterocycles. The molecule has 0 saturated carbocycles. The minimum atomic E-state index is -0.718. The fourth-order valence-corrected chi connectivity index (χ4v) is 0.782. The standard InChI is InChI=1S/C9H19NO.Sm/c1-6-9(5,11)8(4)10-7(2)3;/h7,11H,6H2,1-5H3;. The monoisotopic (exact) mass is 309 g/mol. The molecular weight excluding hydrogens is 288 g/mol. The van der Waals surface area contributed by atoms with Crippen LogP contribution in [-0.2, 0) is 0 Å². The number of aliphatic imine (C=N–C) groups is 1. The Kier molecular flexibility index (Phi) is 8.27. The molecule has 3 heteroatoms. The van der Waals surface area contributed by atoms with Gasteiger partial charge in [0.15, 0.2) is 0 Å². The van der Waals surface area contributed by atoms with Crippen LogP contribution < -0.4 is 0 Å². The van der Waals surface area contributed by atoms with Crippen molar-refractivity contribution in [2.75, 3.05) is 0 Å². The van der Waals surface area contributed by atoms with Gasteiger partial charge in [-0.3, -0.25) is 4.99 Å². The maximum Gasteiger partial charge on any atom is 0.0989 e. The first-order valence-corrected chi connectivity index (χ1v) is 4.17. The van der Waals surface area contributed by atoms with Crippen molar-refractivity contribution >= 4 is 5.71 Å². The van der Waals surface area contributed by atoms with Crippen LogP contribution in [0.2, 0.25) is 0 Å². The van der Waals surface area contributed by atoms with Gasteiger partial charge in [0.25, 0.3) is 0 Å². The van der Waals surface area contributed by atoms with Crippen LogP contribution in [0, 0.1) is 40.4 Å². The van der Waals surface area contributed by atoms with E-state index < -0.39 is 5.60 Å². The molecule has 12 heavy (non-hydrogen) atoms. The van der Waals surface area contributed by atoms with E-state index in [-0.39, 0.29) is 46.4 Å². The van der Waals surface area contributed by atoms with Gasteiger partial charge in [0.2, 0.25) is 0 Å². The fraction of sp³-hybridized carbons (Fsp3) is 0.889. The Morgan fingerprint density at radius 1 is 1.50 bits per heavy atom. The van der Waals surface area contributed by atoms with Gasteiger partial charge in [0, 0.05) is 52.1 Å². The summed E-state index contributed by atoms with van der Waals surface area (Å²) in [6, 6.07) is 0.271. The first-order valence-electron chi connectivity index (χ1n) is 4.17. The SMILES string of the molecule is CCC(C)(O)C(C)=NC(C)C.[Sm]. The van der Waals surface area contributed by atoms with Gasteiger partial charge < -0.3 is 5.11 Å². The van der Waals surface area contributed by atoms with E-state index in [0.29, 0.717) is 0 Å². The Labute approximate surface area is 108 Å². The quantitative estimate of drug-likeness (QED) is 0.795. The summed E-state index contributed by atoms with van der Waals surface area (Å²) in [6.07, 6.45) is 0.717. The van der Waals surface area contributed by atoms with E-state index in [4.69, 9.17) is 0 Å². The third-order valence-corrected chi connectivity index (χ3v) is 1.92. The number of aliphatic hydroxyl groups is 1. The normalized spacial score (nSPS) is 17.1. The third-order valence-electron chi connectivity index (χ3n) is 1.92. The van der Waals surface area contributed by atoms with Crippen LogP contribution in [0.25, 0.3) is 0 Å². The number of hydrogen-bond donors (Lipinski definition) is 1. The molecule has 72 valence electrons. The second-order valence-electron chi connectivity index (χ2n) is 3.44. The molecule has 0 aromatic heterocycles. The van der Waals surface area contributed by atoms with Gasteiger partial charge in [-0.05, 0) is 34.1 Å². The van der Waals surface area contributed by atoms with Crippen LogP contribution in [0.5, 0.6) is 0 Å². The molecule has 2 nitrogen and oxygen atoms in total. The summed E-state index contributed by atoms with van der Waals surface area (Å²) in [6.45, 7) is 9.65. The summed E-state index contributed by atoms with van der Waals surface area (Å²) in [5.41, 5.74) is 0.111. The topological polar surface area (TPSA) is 32.6 Å². The van der Waals surface area contributed by atoms with Crippen LogP contribution in [0.15, 0.2) is 4.99 Å². The summed E-state index contributed by atoms with van der Waals surface area (Å²) in [5, 5.41) is 9.71. The Bertz CT molecular complexity index is 153. The Morgan fingerprint density at radius 3 is 2.17 bits per heavy atom. The van der Waals surface area contributed by atoms with Crippen LogP contribution in [0.4, 0.5) is 0 Å². The number of nitrogens with zero attached hydrogens (tertiary/aromatic N) is 1. The second-order valence-corrected chi connectivity index (χ2v) is 3.44. The summed E-state index contributed by atoms with van der Waals surface area (Å²) in [4.78, 5) is 4.29. The van der Waals surface area contributed by atoms with E-state index in [9.17, 15) is 5.11 Å². The molecule has 0 amide bonds. The van der Waals surface area contributed by atoms with Crippen LogP contribution in [0.1, 0.15) is 41.0 Å². The molecule has 0 aromatic rings. The van der Waals surface area contributed by atoms with E-state index in [0.717, 1.165) is 12.1 Å². The van der Waals surface area contributed by atoms with Crippen molar-refractivity contribution in [1.82, 2.24) is 0 Å². The predicted molar refractivity (Wildman–Crippen MR) is 49.2 cm³/mol. The molecule has 0 fully saturated rings. The smallest absolute Gasteiger partial charge is 0.0989 e. The van der Waals surface area contributed by atoms with Crippen molar-refractivity contribution < 1.29 is 45.5 Å². The fourth-order valence-electron chi connectivity index (χ4n) is 0.782. The molecule has 0 radical (unpaired) electrons. The first kappa shape index (κ1) is 15.4. The van der Waals surface area contributed by atoms with Gasteiger partial charge in [-0.15, -0.1) is 0 Å². The first-order chi connectivity index (χ1) is 4.90. The molecule has 0 saturated heterocycles. The van der Waals surface area contributed by atoms with Crippen molar-refractivity contribution in [3.05, 3.63) is 0 Å². The average molecular weight is 308 g/mol. The van der Waals surface area contributed by atoms with Crippen molar-refractivity contribution in [3.8, 4) is 0 Å². The largest absolute Gasteiger partial charge is 0.384 e. The molecule has 0 heterocycles. The van der Waals surface area contributed by atoms with E-state index in [2.05, 4.69) is 4.99 Å². The summed E-state index contributed by atoms with van der Waals surface area (Å²) < 4.78 is 0. The zero-order valence-corrected chi connectivity index (χ0v) is 11.2. The summed E-state index contributed by atoms with van der Waals surface area (Å²) in [5.74, 6) is 0. The van der Waals surface area contributed by atoms with Crippen molar-refractivity contribution in [1.29, 1.82) is 0 Å². The molecule has 1 N–H and O–H groups in total. The van der Waals surface area contributed by atoms with Crippen LogP contribution >= 0.6 is 0 Å². The minimum absolute atomic E-state index is 0. The third kappa shape index (κ3) is 5.59. The van der Waals surface area contributed by atoms with E-state index >= 15 is 0 Å². The van der Waals surface area contributed by atoms with Crippen LogP contribution in [0.3, 0.4) is 0 Å². The molecule has 1 unspecified atom stereocenters. The van der Waals surface area contributed by atoms with E-state index in [1.165, 1.54) is 0 Å².